The molecule has 0 aliphatic rings. The summed E-state index contributed by atoms with van der Waals surface area (Å²) in [7, 11) is 0. The maximum atomic E-state index is 5.93. The Morgan fingerprint density at radius 3 is 1.90 bits per heavy atom. The van der Waals surface area contributed by atoms with Gasteiger partial charge >= 0.3 is 0 Å². The lowest BCUT2D eigenvalue weighted by Gasteiger charge is -2.24. The summed E-state index contributed by atoms with van der Waals surface area (Å²) in [6.45, 7) is 1.11. The molecule has 2 heterocycles. The molecule has 0 amide bonds. The Morgan fingerprint density at radius 1 is 0.900 bits per heavy atom. The molecule has 0 fully saturated rings. The third-order valence-electron chi connectivity index (χ3n) is 2.76. The average Bonchev–Trinajstić information content (AvgIpc) is 3.12. The van der Waals surface area contributed by atoms with E-state index in [-0.39, 0.29) is 0 Å². The predicted octanol–water partition coefficient (Wildman–Crippen LogP) is 1.64. The first-order valence-electron chi connectivity index (χ1n) is 5.96. The summed E-state index contributed by atoms with van der Waals surface area (Å²) in [5.74, 6) is 0. The van der Waals surface area contributed by atoms with Gasteiger partial charge in [-0.05, 0) is 24.3 Å². The van der Waals surface area contributed by atoms with Gasteiger partial charge in [0.1, 0.15) is 38.6 Å². The first-order valence-corrected chi connectivity index (χ1v) is 6.34. The fraction of sp³-hybridized carbons (Fsp3) is 0.167. The quantitative estimate of drug-likeness (QED) is 0.714. The highest BCUT2D eigenvalue weighted by Crippen LogP contribution is 2.19. The molecule has 0 saturated heterocycles. The number of rotatable bonds is 5. The lowest BCUT2D eigenvalue weighted by molar-refractivity contribution is 0.497. The highest BCUT2D eigenvalue weighted by atomic mass is 35.5. The molecule has 0 saturated carbocycles. The van der Waals surface area contributed by atoms with Gasteiger partial charge < -0.3 is 4.90 Å². The third-order valence-corrected chi connectivity index (χ3v) is 3.01. The largest absolute Gasteiger partial charge is 0.332 e. The molecule has 0 N–H and O–H groups in total. The van der Waals surface area contributed by atoms with Crippen LogP contribution in [0.3, 0.4) is 0 Å². The Labute approximate surface area is 120 Å². The van der Waals surface area contributed by atoms with Gasteiger partial charge in [-0.25, -0.2) is 19.3 Å². The van der Waals surface area contributed by atoms with Crippen LogP contribution in [-0.4, -0.2) is 29.5 Å². The summed E-state index contributed by atoms with van der Waals surface area (Å²) in [5.41, 5.74) is 1.01. The summed E-state index contributed by atoms with van der Waals surface area (Å²) in [5, 5.41) is 8.95. The van der Waals surface area contributed by atoms with Crippen LogP contribution in [0.25, 0.3) is 0 Å². The van der Waals surface area contributed by atoms with Crippen LogP contribution in [0.2, 0.25) is 5.02 Å². The van der Waals surface area contributed by atoms with E-state index in [0.717, 1.165) is 5.69 Å². The van der Waals surface area contributed by atoms with Crippen LogP contribution in [-0.2, 0) is 13.3 Å². The zero-order valence-electron chi connectivity index (χ0n) is 10.5. The Hall–Kier alpha value is -2.41. The van der Waals surface area contributed by atoms with Crippen LogP contribution >= 0.6 is 11.6 Å². The molecule has 0 unspecified atom stereocenters. The normalized spacial score (nSPS) is 10.7. The van der Waals surface area contributed by atoms with Crippen molar-refractivity contribution in [2.24, 2.45) is 0 Å². The molecular formula is C12H12ClN7. The Bertz CT molecular complexity index is 597. The molecule has 3 aromatic rings. The zero-order chi connectivity index (χ0) is 13.8. The van der Waals surface area contributed by atoms with E-state index in [1.165, 1.54) is 12.7 Å². The van der Waals surface area contributed by atoms with E-state index in [2.05, 4.69) is 25.1 Å². The number of hydrogen-bond acceptors (Lipinski definition) is 5. The van der Waals surface area contributed by atoms with Gasteiger partial charge in [-0.2, -0.15) is 10.2 Å². The second kappa shape index (κ2) is 5.70. The second-order valence-corrected chi connectivity index (χ2v) is 4.61. The van der Waals surface area contributed by atoms with Crippen LogP contribution in [0, 0.1) is 0 Å². The first kappa shape index (κ1) is 12.6. The molecule has 7 nitrogen and oxygen atoms in total. The molecule has 2 aromatic heterocycles. The summed E-state index contributed by atoms with van der Waals surface area (Å²) >= 11 is 5.93. The Kier molecular flexibility index (Phi) is 3.60. The molecule has 0 spiro atoms. The standard InChI is InChI=1S/C12H12ClN7/c13-11-1-3-12(4-2-11)18(9-19-7-14-5-16-19)10-20-8-15-6-17-20/h1-8H,9-10H2. The minimum atomic E-state index is 0.557. The SMILES string of the molecule is Clc1ccc(N(Cn2cncn2)Cn2cncn2)cc1. The van der Waals surface area contributed by atoms with E-state index in [9.17, 15) is 0 Å². The molecule has 0 radical (unpaired) electrons. The van der Waals surface area contributed by atoms with Gasteiger partial charge in [0.05, 0.1) is 0 Å². The number of hydrogen-bond donors (Lipinski definition) is 0. The number of halogens is 1. The maximum absolute atomic E-state index is 5.93. The summed E-state index contributed by atoms with van der Waals surface area (Å²) in [4.78, 5) is 9.98. The first-order chi connectivity index (χ1) is 9.81. The highest BCUT2D eigenvalue weighted by molar-refractivity contribution is 6.30. The summed E-state index contributed by atoms with van der Waals surface area (Å²) in [6.07, 6.45) is 6.36. The van der Waals surface area contributed by atoms with Crippen molar-refractivity contribution in [3.8, 4) is 0 Å². The number of benzene rings is 1. The van der Waals surface area contributed by atoms with Crippen molar-refractivity contribution in [1.82, 2.24) is 29.5 Å². The number of nitrogens with zero attached hydrogens (tertiary/aromatic N) is 7. The molecule has 3 rings (SSSR count). The van der Waals surface area contributed by atoms with Gasteiger partial charge in [-0.15, -0.1) is 0 Å². The van der Waals surface area contributed by atoms with Crippen molar-refractivity contribution >= 4 is 17.3 Å². The van der Waals surface area contributed by atoms with Crippen LogP contribution in [0.15, 0.2) is 49.6 Å². The van der Waals surface area contributed by atoms with Gasteiger partial charge in [0, 0.05) is 10.7 Å². The van der Waals surface area contributed by atoms with Crippen LogP contribution in [0.4, 0.5) is 5.69 Å². The summed E-state index contributed by atoms with van der Waals surface area (Å²) in [6, 6.07) is 7.62. The molecule has 0 bridgehead atoms. The predicted molar refractivity (Wildman–Crippen MR) is 74.0 cm³/mol. The molecule has 8 heteroatoms. The van der Waals surface area contributed by atoms with Crippen LogP contribution in [0.5, 0.6) is 0 Å². The Morgan fingerprint density at radius 2 is 1.45 bits per heavy atom. The molecule has 102 valence electrons. The minimum absolute atomic E-state index is 0.557. The van der Waals surface area contributed by atoms with Crippen molar-refractivity contribution in [3.63, 3.8) is 0 Å². The molecule has 0 aliphatic heterocycles. The average molecular weight is 290 g/mol. The van der Waals surface area contributed by atoms with Gasteiger partial charge in [-0.1, -0.05) is 11.6 Å². The molecule has 1 aromatic carbocycles. The molecule has 20 heavy (non-hydrogen) atoms. The van der Waals surface area contributed by atoms with E-state index >= 15 is 0 Å². The van der Waals surface area contributed by atoms with Gasteiger partial charge in [0.25, 0.3) is 0 Å². The van der Waals surface area contributed by atoms with Gasteiger partial charge in [-0.3, -0.25) is 0 Å². The van der Waals surface area contributed by atoms with Crippen molar-refractivity contribution in [2.45, 2.75) is 13.3 Å². The second-order valence-electron chi connectivity index (χ2n) is 4.17. The zero-order valence-corrected chi connectivity index (χ0v) is 11.3. The van der Waals surface area contributed by atoms with Gasteiger partial charge in [0.15, 0.2) is 0 Å². The van der Waals surface area contributed by atoms with Crippen molar-refractivity contribution < 1.29 is 0 Å². The van der Waals surface area contributed by atoms with Crippen molar-refractivity contribution in [3.05, 3.63) is 54.6 Å². The summed E-state index contributed by atoms with van der Waals surface area (Å²) < 4.78 is 3.48. The van der Waals surface area contributed by atoms with Crippen molar-refractivity contribution in [2.75, 3.05) is 4.90 Å². The van der Waals surface area contributed by atoms with E-state index in [0.29, 0.717) is 18.4 Å². The van der Waals surface area contributed by atoms with Crippen molar-refractivity contribution in [1.29, 1.82) is 0 Å². The number of aromatic nitrogens is 6. The van der Waals surface area contributed by atoms with E-state index in [1.54, 1.807) is 22.0 Å². The fourth-order valence-corrected chi connectivity index (χ4v) is 1.95. The fourth-order valence-electron chi connectivity index (χ4n) is 1.82. The van der Waals surface area contributed by atoms with Crippen LogP contribution < -0.4 is 4.90 Å². The molecule has 0 atom stereocenters. The highest BCUT2D eigenvalue weighted by Gasteiger charge is 2.09. The Balaban J connectivity index is 1.84. The monoisotopic (exact) mass is 289 g/mol. The molecular weight excluding hydrogens is 278 g/mol. The van der Waals surface area contributed by atoms with Gasteiger partial charge in [0.2, 0.25) is 0 Å². The van der Waals surface area contributed by atoms with E-state index in [4.69, 9.17) is 11.6 Å². The minimum Gasteiger partial charge on any atom is -0.332 e. The lowest BCUT2D eigenvalue weighted by atomic mass is 10.3. The van der Waals surface area contributed by atoms with E-state index < -0.39 is 0 Å². The van der Waals surface area contributed by atoms with Crippen LogP contribution in [0.1, 0.15) is 0 Å². The maximum Gasteiger partial charge on any atom is 0.137 e. The smallest absolute Gasteiger partial charge is 0.137 e. The molecule has 0 aliphatic carbocycles. The third kappa shape index (κ3) is 2.94. The lowest BCUT2D eigenvalue weighted by Crippen LogP contribution is -2.29. The number of anilines is 1. The van der Waals surface area contributed by atoms with E-state index in [1.807, 2.05) is 24.3 Å². The topological polar surface area (TPSA) is 64.7 Å².